The molecule has 1 fully saturated rings. The second-order valence-electron chi connectivity index (χ2n) is 5.54. The van der Waals surface area contributed by atoms with Gasteiger partial charge >= 0.3 is 0 Å². The van der Waals surface area contributed by atoms with E-state index in [4.69, 9.17) is 4.74 Å². The molecule has 4 heteroatoms. The van der Waals surface area contributed by atoms with Crippen LogP contribution >= 0.6 is 11.3 Å². The highest BCUT2D eigenvalue weighted by Crippen LogP contribution is 2.23. The molecule has 1 aromatic heterocycles. The predicted octanol–water partition coefficient (Wildman–Crippen LogP) is 2.90. The van der Waals surface area contributed by atoms with E-state index in [0.29, 0.717) is 6.04 Å². The highest BCUT2D eigenvalue weighted by molar-refractivity contribution is 7.11. The Morgan fingerprint density at radius 3 is 2.95 bits per heavy atom. The molecule has 1 aliphatic heterocycles. The molecule has 1 unspecified atom stereocenters. The van der Waals surface area contributed by atoms with E-state index in [-0.39, 0.29) is 0 Å². The Bertz CT molecular complexity index is 380. The third-order valence-electron chi connectivity index (χ3n) is 4.04. The number of likely N-dealkylation sites (tertiary alicyclic amines) is 1. The Hall–Kier alpha value is -0.420. The van der Waals surface area contributed by atoms with Gasteiger partial charge in [0, 0.05) is 42.5 Å². The lowest BCUT2D eigenvalue weighted by Crippen LogP contribution is -2.45. The zero-order chi connectivity index (χ0) is 14.2. The highest BCUT2D eigenvalue weighted by Gasteiger charge is 2.22. The average Bonchev–Trinajstić information content (AvgIpc) is 2.93. The van der Waals surface area contributed by atoms with Crippen LogP contribution in [0, 0.1) is 0 Å². The van der Waals surface area contributed by atoms with Crippen LogP contribution in [0.1, 0.15) is 35.9 Å². The van der Waals surface area contributed by atoms with Gasteiger partial charge in [0.2, 0.25) is 0 Å². The van der Waals surface area contributed by atoms with Gasteiger partial charge in [-0.2, -0.15) is 0 Å². The maximum Gasteiger partial charge on any atom is 0.0587 e. The number of methoxy groups -OCH3 is 1. The molecule has 0 bridgehead atoms. The number of nitrogens with zero attached hydrogens (tertiary/aromatic N) is 1. The van der Waals surface area contributed by atoms with Crippen molar-refractivity contribution < 1.29 is 4.74 Å². The van der Waals surface area contributed by atoms with Gasteiger partial charge in [-0.1, -0.05) is 13.3 Å². The van der Waals surface area contributed by atoms with Crippen LogP contribution in [0.25, 0.3) is 0 Å². The molecule has 114 valence electrons. The minimum Gasteiger partial charge on any atom is -0.383 e. The van der Waals surface area contributed by atoms with E-state index in [0.717, 1.165) is 32.7 Å². The second kappa shape index (κ2) is 8.78. The molecule has 20 heavy (non-hydrogen) atoms. The first kappa shape index (κ1) is 16.0. The summed E-state index contributed by atoms with van der Waals surface area (Å²) in [4.78, 5) is 5.69. The maximum absolute atomic E-state index is 5.09. The first-order valence-corrected chi connectivity index (χ1v) is 8.66. The average molecular weight is 296 g/mol. The van der Waals surface area contributed by atoms with Gasteiger partial charge in [0.15, 0.2) is 0 Å². The number of piperidine rings is 1. The minimum atomic E-state index is 0.688. The molecule has 3 nitrogen and oxygen atoms in total. The van der Waals surface area contributed by atoms with Crippen LogP contribution in [-0.4, -0.2) is 44.3 Å². The van der Waals surface area contributed by atoms with Gasteiger partial charge in [0.25, 0.3) is 0 Å². The van der Waals surface area contributed by atoms with Crippen molar-refractivity contribution in [3.8, 4) is 0 Å². The minimum absolute atomic E-state index is 0.688. The third-order valence-corrected chi connectivity index (χ3v) is 5.25. The van der Waals surface area contributed by atoms with Crippen LogP contribution in [0.5, 0.6) is 0 Å². The lowest BCUT2D eigenvalue weighted by molar-refractivity contribution is 0.134. The quantitative estimate of drug-likeness (QED) is 0.747. The smallest absolute Gasteiger partial charge is 0.0587 e. The number of hydrogen-bond acceptors (Lipinski definition) is 4. The second-order valence-corrected chi connectivity index (χ2v) is 6.79. The van der Waals surface area contributed by atoms with Gasteiger partial charge in [0.05, 0.1) is 6.61 Å². The normalized spacial score (nSPS) is 20.4. The van der Waals surface area contributed by atoms with Crippen LogP contribution in [-0.2, 0) is 17.7 Å². The zero-order valence-electron chi connectivity index (χ0n) is 12.9. The molecule has 0 saturated carbocycles. The topological polar surface area (TPSA) is 24.5 Å². The molecule has 1 atom stereocenters. The van der Waals surface area contributed by atoms with Crippen LogP contribution in [0.4, 0.5) is 0 Å². The van der Waals surface area contributed by atoms with Crippen molar-refractivity contribution >= 4 is 11.3 Å². The van der Waals surface area contributed by atoms with Gasteiger partial charge in [-0.25, -0.2) is 0 Å². The number of ether oxygens (including phenoxy) is 1. The number of thiophene rings is 1. The number of rotatable bonds is 8. The SMILES string of the molecule is CCc1ccc(CN2CCCCC2CNCCOC)s1. The van der Waals surface area contributed by atoms with Gasteiger partial charge < -0.3 is 10.1 Å². The summed E-state index contributed by atoms with van der Waals surface area (Å²) in [7, 11) is 1.76. The van der Waals surface area contributed by atoms with E-state index in [1.54, 1.807) is 7.11 Å². The molecule has 1 saturated heterocycles. The van der Waals surface area contributed by atoms with E-state index in [1.165, 1.54) is 35.6 Å². The van der Waals surface area contributed by atoms with Crippen LogP contribution in [0.3, 0.4) is 0 Å². The van der Waals surface area contributed by atoms with E-state index in [1.807, 2.05) is 11.3 Å². The Morgan fingerprint density at radius 2 is 2.20 bits per heavy atom. The van der Waals surface area contributed by atoms with Crippen molar-refractivity contribution in [2.24, 2.45) is 0 Å². The largest absolute Gasteiger partial charge is 0.383 e. The van der Waals surface area contributed by atoms with Crippen molar-refractivity contribution in [3.05, 3.63) is 21.9 Å². The van der Waals surface area contributed by atoms with Crippen molar-refractivity contribution in [3.63, 3.8) is 0 Å². The zero-order valence-corrected chi connectivity index (χ0v) is 13.7. The lowest BCUT2D eigenvalue weighted by Gasteiger charge is -2.35. The van der Waals surface area contributed by atoms with Crippen LogP contribution in [0.2, 0.25) is 0 Å². The number of aryl methyl sites for hydroxylation is 1. The Balaban J connectivity index is 1.82. The molecule has 2 rings (SSSR count). The molecular weight excluding hydrogens is 268 g/mol. The molecule has 1 aliphatic rings. The fourth-order valence-electron chi connectivity index (χ4n) is 2.84. The first-order chi connectivity index (χ1) is 9.83. The molecule has 2 heterocycles. The first-order valence-electron chi connectivity index (χ1n) is 7.84. The Kier molecular flexibility index (Phi) is 7.00. The summed E-state index contributed by atoms with van der Waals surface area (Å²) in [5, 5.41) is 3.52. The molecule has 0 spiro atoms. The van der Waals surface area contributed by atoms with Gasteiger partial charge in [0.1, 0.15) is 0 Å². The molecule has 0 amide bonds. The molecule has 0 radical (unpaired) electrons. The summed E-state index contributed by atoms with van der Waals surface area (Å²) in [5.74, 6) is 0. The standard InChI is InChI=1S/C16H28N2OS/c1-3-15-7-8-16(20-15)13-18-10-5-4-6-14(18)12-17-9-11-19-2/h7-8,14,17H,3-6,9-13H2,1-2H3. The fourth-order valence-corrected chi connectivity index (χ4v) is 3.82. The summed E-state index contributed by atoms with van der Waals surface area (Å²) in [6, 6.07) is 5.29. The highest BCUT2D eigenvalue weighted by atomic mass is 32.1. The molecular formula is C16H28N2OS. The number of hydrogen-bond donors (Lipinski definition) is 1. The summed E-state index contributed by atoms with van der Waals surface area (Å²) in [6.45, 7) is 7.46. The van der Waals surface area contributed by atoms with E-state index in [2.05, 4.69) is 29.3 Å². The monoisotopic (exact) mass is 296 g/mol. The molecule has 0 aromatic carbocycles. The predicted molar refractivity (Wildman–Crippen MR) is 86.5 cm³/mol. The Labute approximate surface area is 127 Å². The van der Waals surface area contributed by atoms with Crippen LogP contribution in [0.15, 0.2) is 12.1 Å². The molecule has 1 N–H and O–H groups in total. The van der Waals surface area contributed by atoms with Crippen LogP contribution < -0.4 is 5.32 Å². The van der Waals surface area contributed by atoms with Gasteiger partial charge in [-0.15, -0.1) is 11.3 Å². The van der Waals surface area contributed by atoms with Crippen molar-refractivity contribution in [2.75, 3.05) is 33.4 Å². The Morgan fingerprint density at radius 1 is 1.35 bits per heavy atom. The number of nitrogens with one attached hydrogen (secondary N) is 1. The van der Waals surface area contributed by atoms with Gasteiger partial charge in [-0.05, 0) is 37.9 Å². The van der Waals surface area contributed by atoms with E-state index in [9.17, 15) is 0 Å². The van der Waals surface area contributed by atoms with E-state index < -0.39 is 0 Å². The maximum atomic E-state index is 5.09. The fraction of sp³-hybridized carbons (Fsp3) is 0.750. The summed E-state index contributed by atoms with van der Waals surface area (Å²) in [6.07, 6.45) is 5.21. The summed E-state index contributed by atoms with van der Waals surface area (Å²) in [5.41, 5.74) is 0. The van der Waals surface area contributed by atoms with Gasteiger partial charge in [-0.3, -0.25) is 4.90 Å². The summed E-state index contributed by atoms with van der Waals surface area (Å²) < 4.78 is 5.09. The molecule has 0 aliphatic carbocycles. The summed E-state index contributed by atoms with van der Waals surface area (Å²) >= 11 is 1.98. The van der Waals surface area contributed by atoms with Crippen molar-refractivity contribution in [1.29, 1.82) is 0 Å². The van der Waals surface area contributed by atoms with Crippen molar-refractivity contribution in [1.82, 2.24) is 10.2 Å². The lowest BCUT2D eigenvalue weighted by atomic mass is 10.0. The molecule has 1 aromatic rings. The van der Waals surface area contributed by atoms with Crippen molar-refractivity contribution in [2.45, 2.75) is 45.2 Å². The van der Waals surface area contributed by atoms with E-state index >= 15 is 0 Å². The third kappa shape index (κ3) is 4.85.